The summed E-state index contributed by atoms with van der Waals surface area (Å²) >= 11 is 5.96. The van der Waals surface area contributed by atoms with Gasteiger partial charge >= 0.3 is 0 Å². The topological polar surface area (TPSA) is 49.9 Å². The van der Waals surface area contributed by atoms with Gasteiger partial charge in [-0.3, -0.25) is 0 Å². The van der Waals surface area contributed by atoms with E-state index in [9.17, 15) is 4.39 Å². The molecule has 0 saturated carbocycles. The number of rotatable bonds is 5. The molecule has 106 valence electrons. The zero-order chi connectivity index (χ0) is 14.6. The van der Waals surface area contributed by atoms with Gasteiger partial charge in [0.15, 0.2) is 0 Å². The molecular formula is C15H22ClFN2. The number of hydrogen-bond acceptors (Lipinski definition) is 2. The number of halogens is 2. The molecule has 0 saturated heterocycles. The van der Waals surface area contributed by atoms with Crippen molar-refractivity contribution in [1.29, 1.82) is 5.41 Å². The molecule has 19 heavy (non-hydrogen) atoms. The monoisotopic (exact) mass is 284 g/mol. The van der Waals surface area contributed by atoms with Crippen LogP contribution < -0.4 is 5.73 Å². The van der Waals surface area contributed by atoms with Gasteiger partial charge < -0.3 is 11.1 Å². The van der Waals surface area contributed by atoms with Gasteiger partial charge in [0, 0.05) is 12.3 Å². The van der Waals surface area contributed by atoms with Gasteiger partial charge in [-0.05, 0) is 41.9 Å². The highest BCUT2D eigenvalue weighted by atomic mass is 35.5. The van der Waals surface area contributed by atoms with Gasteiger partial charge in [0.1, 0.15) is 5.82 Å². The summed E-state index contributed by atoms with van der Waals surface area (Å²) in [5.41, 5.74) is 7.06. The minimum Gasteiger partial charge on any atom is -0.323 e. The first kappa shape index (κ1) is 16.1. The molecule has 1 aromatic rings. The second kappa shape index (κ2) is 6.49. The van der Waals surface area contributed by atoms with Gasteiger partial charge in [0.05, 0.1) is 5.02 Å². The molecule has 2 nitrogen and oxygen atoms in total. The van der Waals surface area contributed by atoms with E-state index in [0.29, 0.717) is 5.56 Å². The van der Waals surface area contributed by atoms with Crippen molar-refractivity contribution >= 4 is 17.8 Å². The molecule has 0 aliphatic rings. The Balaban J connectivity index is 2.86. The first-order chi connectivity index (χ1) is 8.75. The normalized spacial score (nSPS) is 13.4. The van der Waals surface area contributed by atoms with Gasteiger partial charge in [0.25, 0.3) is 0 Å². The minimum atomic E-state index is -0.325. The van der Waals surface area contributed by atoms with E-state index in [2.05, 4.69) is 0 Å². The fourth-order valence-corrected chi connectivity index (χ4v) is 2.20. The third kappa shape index (κ3) is 4.59. The number of hydrogen-bond donors (Lipinski definition) is 2. The molecule has 0 radical (unpaired) electrons. The predicted molar refractivity (Wildman–Crippen MR) is 79.8 cm³/mol. The first-order valence-corrected chi connectivity index (χ1v) is 6.88. The standard InChI is InChI=1S/C15H22ClFN2/c1-15(2,3)12-7-10(8-13(16)14(12)17)5-4-6-11(19)9-18/h7-9,11,18H,4-6,19H2,1-3H3/t11-/m1/s1. The third-order valence-electron chi connectivity index (χ3n) is 3.11. The fraction of sp³-hybridized carbons (Fsp3) is 0.533. The van der Waals surface area contributed by atoms with Crippen LogP contribution in [0, 0.1) is 11.2 Å². The molecular weight excluding hydrogens is 263 g/mol. The average Bonchev–Trinajstić information content (AvgIpc) is 2.31. The zero-order valence-electron chi connectivity index (χ0n) is 11.8. The number of nitrogens with two attached hydrogens (primary N) is 1. The quantitative estimate of drug-likeness (QED) is 0.787. The van der Waals surface area contributed by atoms with E-state index in [1.54, 1.807) is 6.07 Å². The largest absolute Gasteiger partial charge is 0.323 e. The molecule has 1 aromatic carbocycles. The van der Waals surface area contributed by atoms with Crippen LogP contribution >= 0.6 is 11.6 Å². The molecule has 0 spiro atoms. The SMILES string of the molecule is CC(C)(C)c1cc(CCC[C@@H](N)C=N)cc(Cl)c1F. The maximum atomic E-state index is 14.0. The lowest BCUT2D eigenvalue weighted by atomic mass is 9.85. The van der Waals surface area contributed by atoms with E-state index in [1.165, 1.54) is 6.21 Å². The summed E-state index contributed by atoms with van der Waals surface area (Å²) in [7, 11) is 0. The maximum Gasteiger partial charge on any atom is 0.145 e. The van der Waals surface area contributed by atoms with Crippen LogP contribution in [0.1, 0.15) is 44.7 Å². The first-order valence-electron chi connectivity index (χ1n) is 6.50. The molecule has 0 heterocycles. The molecule has 0 fully saturated rings. The van der Waals surface area contributed by atoms with E-state index in [1.807, 2.05) is 26.8 Å². The van der Waals surface area contributed by atoms with E-state index >= 15 is 0 Å². The van der Waals surface area contributed by atoms with Crippen LogP contribution in [0.15, 0.2) is 12.1 Å². The molecule has 1 rings (SSSR count). The second-order valence-electron chi connectivity index (χ2n) is 5.91. The highest BCUT2D eigenvalue weighted by Crippen LogP contribution is 2.31. The van der Waals surface area contributed by atoms with Crippen molar-refractivity contribution in [2.24, 2.45) is 5.73 Å². The summed E-state index contributed by atoms with van der Waals surface area (Å²) in [5.74, 6) is -0.325. The van der Waals surface area contributed by atoms with Gasteiger partial charge in [-0.2, -0.15) is 0 Å². The molecule has 3 N–H and O–H groups in total. The smallest absolute Gasteiger partial charge is 0.145 e. The predicted octanol–water partition coefficient (Wildman–Crippen LogP) is 4.08. The Labute approximate surface area is 119 Å². The Bertz CT molecular complexity index is 452. The summed E-state index contributed by atoms with van der Waals surface area (Å²) in [6.45, 7) is 5.91. The van der Waals surface area contributed by atoms with Crippen molar-refractivity contribution in [3.05, 3.63) is 34.1 Å². The number of benzene rings is 1. The van der Waals surface area contributed by atoms with Crippen LogP contribution in [0.3, 0.4) is 0 Å². The van der Waals surface area contributed by atoms with Crippen LogP contribution in [0.25, 0.3) is 0 Å². The van der Waals surface area contributed by atoms with Gasteiger partial charge in [-0.1, -0.05) is 38.4 Å². The van der Waals surface area contributed by atoms with Crippen molar-refractivity contribution in [2.45, 2.75) is 51.5 Å². The Kier molecular flexibility index (Phi) is 5.50. The minimum absolute atomic E-state index is 0.179. The molecule has 1 atom stereocenters. The van der Waals surface area contributed by atoms with Gasteiger partial charge in [0.2, 0.25) is 0 Å². The van der Waals surface area contributed by atoms with Crippen LogP contribution in [0.5, 0.6) is 0 Å². The average molecular weight is 285 g/mol. The highest BCUT2D eigenvalue weighted by Gasteiger charge is 2.21. The second-order valence-corrected chi connectivity index (χ2v) is 6.32. The fourth-order valence-electron chi connectivity index (χ4n) is 1.96. The lowest BCUT2D eigenvalue weighted by molar-refractivity contribution is 0.521. The maximum absolute atomic E-state index is 14.0. The lowest BCUT2D eigenvalue weighted by Crippen LogP contribution is -2.20. The summed E-state index contributed by atoms with van der Waals surface area (Å²) in [5, 5.41) is 7.23. The van der Waals surface area contributed by atoms with Crippen molar-refractivity contribution in [2.75, 3.05) is 0 Å². The highest BCUT2D eigenvalue weighted by molar-refractivity contribution is 6.30. The number of nitrogens with one attached hydrogen (secondary N) is 1. The van der Waals surface area contributed by atoms with Crippen molar-refractivity contribution in [3.8, 4) is 0 Å². The summed E-state index contributed by atoms with van der Waals surface area (Å²) in [6.07, 6.45) is 3.66. The van der Waals surface area contributed by atoms with E-state index in [0.717, 1.165) is 24.8 Å². The third-order valence-corrected chi connectivity index (χ3v) is 3.39. The molecule has 4 heteroatoms. The number of aryl methyl sites for hydroxylation is 1. The van der Waals surface area contributed by atoms with Crippen molar-refractivity contribution < 1.29 is 4.39 Å². The van der Waals surface area contributed by atoms with Gasteiger partial charge in [-0.15, -0.1) is 0 Å². The van der Waals surface area contributed by atoms with Crippen LogP contribution in [0.4, 0.5) is 4.39 Å². The lowest BCUT2D eigenvalue weighted by Gasteiger charge is -2.21. The molecule has 0 bridgehead atoms. The Morgan fingerprint density at radius 1 is 1.42 bits per heavy atom. The Morgan fingerprint density at radius 2 is 2.05 bits per heavy atom. The van der Waals surface area contributed by atoms with Crippen molar-refractivity contribution in [1.82, 2.24) is 0 Å². The molecule has 0 amide bonds. The van der Waals surface area contributed by atoms with Crippen LogP contribution in [-0.4, -0.2) is 12.3 Å². The molecule has 0 aliphatic heterocycles. The van der Waals surface area contributed by atoms with E-state index < -0.39 is 0 Å². The molecule has 0 aromatic heterocycles. The zero-order valence-corrected chi connectivity index (χ0v) is 12.5. The van der Waals surface area contributed by atoms with E-state index in [-0.39, 0.29) is 22.3 Å². The summed E-state index contributed by atoms with van der Waals surface area (Å²) in [4.78, 5) is 0. The summed E-state index contributed by atoms with van der Waals surface area (Å²) in [6, 6.07) is 3.37. The van der Waals surface area contributed by atoms with E-state index in [4.69, 9.17) is 22.7 Å². The van der Waals surface area contributed by atoms with Crippen molar-refractivity contribution in [3.63, 3.8) is 0 Å². The molecule has 0 aliphatic carbocycles. The molecule has 0 unspecified atom stereocenters. The summed E-state index contributed by atoms with van der Waals surface area (Å²) < 4.78 is 14.0. The Morgan fingerprint density at radius 3 is 2.58 bits per heavy atom. The Hall–Kier alpha value is -0.930. The van der Waals surface area contributed by atoms with Crippen LogP contribution in [0.2, 0.25) is 5.02 Å². The van der Waals surface area contributed by atoms with Gasteiger partial charge in [-0.25, -0.2) is 4.39 Å². The van der Waals surface area contributed by atoms with Crippen LogP contribution in [-0.2, 0) is 11.8 Å².